The zero-order chi connectivity index (χ0) is 15.4. The van der Waals surface area contributed by atoms with Gasteiger partial charge in [-0.25, -0.2) is 0 Å². The summed E-state index contributed by atoms with van der Waals surface area (Å²) in [5.74, 6) is 0.727. The molecule has 0 bridgehead atoms. The van der Waals surface area contributed by atoms with Gasteiger partial charge in [0.1, 0.15) is 9.54 Å². The predicted molar refractivity (Wildman–Crippen MR) is 94.8 cm³/mol. The summed E-state index contributed by atoms with van der Waals surface area (Å²) in [6.45, 7) is 4.13. The predicted octanol–water partition coefficient (Wildman–Crippen LogP) is 6.21. The lowest BCUT2D eigenvalue weighted by atomic mass is 10.0. The fourth-order valence-electron chi connectivity index (χ4n) is 1.93. The van der Waals surface area contributed by atoms with Gasteiger partial charge in [0, 0.05) is 0 Å². The van der Waals surface area contributed by atoms with E-state index in [9.17, 15) is 0 Å². The SMILES string of the molecule is CCc1cc(Oc2nc(Cl)c(Br)s2)cc(CC)c1N=C=S. The molecule has 0 N–H and O–H groups in total. The van der Waals surface area contributed by atoms with Crippen molar-refractivity contribution in [3.63, 3.8) is 0 Å². The Morgan fingerprint density at radius 2 is 2.00 bits per heavy atom. The third kappa shape index (κ3) is 3.90. The number of hydrogen-bond acceptors (Lipinski definition) is 5. The largest absolute Gasteiger partial charge is 0.431 e. The van der Waals surface area contributed by atoms with E-state index in [0.717, 1.165) is 39.2 Å². The van der Waals surface area contributed by atoms with Crippen molar-refractivity contribution in [3.8, 4) is 10.9 Å². The molecule has 0 fully saturated rings. The molecule has 0 radical (unpaired) electrons. The third-order valence-electron chi connectivity index (χ3n) is 2.89. The normalized spacial score (nSPS) is 10.3. The van der Waals surface area contributed by atoms with Crippen LogP contribution in [0.4, 0.5) is 5.69 Å². The Hall–Kier alpha value is -0.780. The summed E-state index contributed by atoms with van der Waals surface area (Å²) < 4.78 is 6.56. The highest BCUT2D eigenvalue weighted by atomic mass is 79.9. The minimum absolute atomic E-state index is 0.406. The van der Waals surface area contributed by atoms with Crippen molar-refractivity contribution in [1.29, 1.82) is 0 Å². The van der Waals surface area contributed by atoms with Gasteiger partial charge in [0.05, 0.1) is 10.8 Å². The van der Waals surface area contributed by atoms with Gasteiger partial charge < -0.3 is 4.74 Å². The average Bonchev–Trinajstić information content (AvgIpc) is 2.78. The van der Waals surface area contributed by atoms with Crippen LogP contribution < -0.4 is 4.74 Å². The Labute approximate surface area is 146 Å². The zero-order valence-electron chi connectivity index (χ0n) is 11.4. The number of aromatic nitrogens is 1. The molecule has 0 aliphatic carbocycles. The Bertz CT molecular complexity index is 666. The number of halogens is 2. The molecule has 1 heterocycles. The number of aliphatic imine (C=N–C) groups is 1. The summed E-state index contributed by atoms with van der Waals surface area (Å²) in [6, 6.07) is 3.90. The first kappa shape index (κ1) is 16.6. The van der Waals surface area contributed by atoms with Gasteiger partial charge in [0.2, 0.25) is 0 Å². The van der Waals surface area contributed by atoms with E-state index < -0.39 is 0 Å². The smallest absolute Gasteiger partial charge is 0.281 e. The summed E-state index contributed by atoms with van der Waals surface area (Å²) in [5, 5.41) is 3.35. The standard InChI is InChI=1S/C14H12BrClN2OS2/c1-3-8-5-10(6-9(4-2)11(8)17-7-20)19-14-18-13(16)12(15)21-14/h5-6H,3-4H2,1-2H3. The van der Waals surface area contributed by atoms with Crippen molar-refractivity contribution in [2.45, 2.75) is 26.7 Å². The van der Waals surface area contributed by atoms with Crippen LogP contribution in [-0.2, 0) is 12.8 Å². The van der Waals surface area contributed by atoms with Gasteiger partial charge in [-0.1, -0.05) is 36.8 Å². The molecule has 0 aliphatic heterocycles. The highest BCUT2D eigenvalue weighted by Crippen LogP contribution is 2.38. The summed E-state index contributed by atoms with van der Waals surface area (Å²) in [7, 11) is 0. The van der Waals surface area contributed by atoms with Gasteiger partial charge >= 0.3 is 0 Å². The molecule has 0 aliphatic rings. The van der Waals surface area contributed by atoms with Crippen molar-refractivity contribution in [2.75, 3.05) is 0 Å². The number of isothiocyanates is 1. The molecule has 0 spiro atoms. The van der Waals surface area contributed by atoms with Crippen LogP contribution in [-0.4, -0.2) is 10.1 Å². The van der Waals surface area contributed by atoms with E-state index in [1.54, 1.807) is 0 Å². The maximum atomic E-state index is 5.92. The lowest BCUT2D eigenvalue weighted by molar-refractivity contribution is 0.477. The molecule has 2 rings (SSSR count). The molecule has 1 aromatic heterocycles. The summed E-state index contributed by atoms with van der Waals surface area (Å²) >= 11 is 15.3. The Kier molecular flexibility index (Phi) is 5.90. The molecule has 2 aromatic rings. The minimum atomic E-state index is 0.406. The summed E-state index contributed by atoms with van der Waals surface area (Å²) in [6.07, 6.45) is 1.67. The number of hydrogen-bond donors (Lipinski definition) is 0. The highest BCUT2D eigenvalue weighted by molar-refractivity contribution is 9.11. The topological polar surface area (TPSA) is 34.5 Å². The second-order valence-electron chi connectivity index (χ2n) is 4.15. The number of thiazole rings is 1. The van der Waals surface area contributed by atoms with Gasteiger partial charge in [-0.3, -0.25) is 0 Å². The van der Waals surface area contributed by atoms with Crippen molar-refractivity contribution in [3.05, 3.63) is 32.2 Å². The van der Waals surface area contributed by atoms with E-state index in [1.165, 1.54) is 11.3 Å². The number of rotatable bonds is 5. The molecule has 3 nitrogen and oxygen atoms in total. The first-order valence-electron chi connectivity index (χ1n) is 6.32. The quantitative estimate of drug-likeness (QED) is 0.439. The van der Waals surface area contributed by atoms with Crippen LogP contribution in [0.15, 0.2) is 20.9 Å². The van der Waals surface area contributed by atoms with Crippen LogP contribution in [0.1, 0.15) is 25.0 Å². The van der Waals surface area contributed by atoms with Crippen molar-refractivity contribution >= 4 is 61.9 Å². The molecule has 0 saturated carbocycles. The number of nitrogens with zero attached hydrogens (tertiary/aromatic N) is 2. The van der Waals surface area contributed by atoms with Crippen molar-refractivity contribution in [1.82, 2.24) is 4.98 Å². The van der Waals surface area contributed by atoms with E-state index in [0.29, 0.717) is 10.3 Å². The monoisotopic (exact) mass is 402 g/mol. The average molecular weight is 404 g/mol. The molecular weight excluding hydrogens is 392 g/mol. The van der Waals surface area contributed by atoms with Crippen LogP contribution in [0.2, 0.25) is 5.15 Å². The van der Waals surface area contributed by atoms with E-state index in [-0.39, 0.29) is 0 Å². The van der Waals surface area contributed by atoms with Crippen LogP contribution >= 0.6 is 51.1 Å². The second-order valence-corrected chi connectivity index (χ2v) is 6.97. The van der Waals surface area contributed by atoms with Crippen LogP contribution in [0, 0.1) is 0 Å². The Morgan fingerprint density at radius 1 is 1.38 bits per heavy atom. The molecule has 7 heteroatoms. The second kappa shape index (κ2) is 7.47. The minimum Gasteiger partial charge on any atom is -0.431 e. The van der Waals surface area contributed by atoms with Gasteiger partial charge in [-0.15, -0.1) is 0 Å². The summed E-state index contributed by atoms with van der Waals surface area (Å²) in [4.78, 5) is 8.32. The number of thiocarbonyl (C=S) groups is 1. The fourth-order valence-corrected chi connectivity index (χ4v) is 3.32. The third-order valence-corrected chi connectivity index (χ3v) is 5.18. The first-order chi connectivity index (χ1) is 10.1. The number of benzene rings is 1. The van der Waals surface area contributed by atoms with Gasteiger partial charge in [0.25, 0.3) is 5.19 Å². The van der Waals surface area contributed by atoms with Crippen molar-refractivity contribution in [2.24, 2.45) is 4.99 Å². The van der Waals surface area contributed by atoms with Crippen LogP contribution in [0.5, 0.6) is 10.9 Å². The molecule has 0 saturated heterocycles. The van der Waals surface area contributed by atoms with E-state index in [1.807, 2.05) is 12.1 Å². The van der Waals surface area contributed by atoms with Gasteiger partial charge in [0.15, 0.2) is 5.15 Å². The molecule has 110 valence electrons. The first-order valence-corrected chi connectivity index (χ1v) is 8.71. The Balaban J connectivity index is 2.42. The molecule has 21 heavy (non-hydrogen) atoms. The molecule has 0 unspecified atom stereocenters. The lowest BCUT2D eigenvalue weighted by Gasteiger charge is -2.11. The highest BCUT2D eigenvalue weighted by Gasteiger charge is 2.12. The number of aryl methyl sites for hydroxylation is 2. The van der Waals surface area contributed by atoms with E-state index in [2.05, 4.69) is 44.9 Å². The van der Waals surface area contributed by atoms with Crippen molar-refractivity contribution < 1.29 is 4.74 Å². The fraction of sp³-hybridized carbons (Fsp3) is 0.286. The lowest BCUT2D eigenvalue weighted by Crippen LogP contribution is -1.92. The number of ether oxygens (including phenoxy) is 1. The van der Waals surface area contributed by atoms with Crippen LogP contribution in [0.3, 0.4) is 0 Å². The van der Waals surface area contributed by atoms with Crippen LogP contribution in [0.25, 0.3) is 0 Å². The summed E-state index contributed by atoms with van der Waals surface area (Å²) in [5.41, 5.74) is 3.03. The Morgan fingerprint density at radius 3 is 2.43 bits per heavy atom. The molecular formula is C14H12BrClN2OS2. The maximum absolute atomic E-state index is 5.92. The molecule has 0 atom stereocenters. The van der Waals surface area contributed by atoms with Gasteiger partial charge in [-0.2, -0.15) is 9.98 Å². The molecule has 1 aromatic carbocycles. The van der Waals surface area contributed by atoms with E-state index >= 15 is 0 Å². The van der Waals surface area contributed by atoms with E-state index in [4.69, 9.17) is 28.6 Å². The zero-order valence-corrected chi connectivity index (χ0v) is 15.4. The van der Waals surface area contributed by atoms with Gasteiger partial charge in [-0.05, 0) is 64.2 Å². The molecule has 0 amide bonds. The maximum Gasteiger partial charge on any atom is 0.281 e.